The molecule has 0 aliphatic carbocycles. The van der Waals surface area contributed by atoms with Crippen LogP contribution in [0.3, 0.4) is 0 Å². The zero-order chi connectivity index (χ0) is 16.4. The summed E-state index contributed by atoms with van der Waals surface area (Å²) >= 11 is 1.35. The van der Waals surface area contributed by atoms with Crippen molar-refractivity contribution in [1.82, 2.24) is 10.0 Å². The highest BCUT2D eigenvalue weighted by Gasteiger charge is 2.27. The Hall–Kier alpha value is -0.430. The van der Waals surface area contributed by atoms with Crippen molar-refractivity contribution in [2.24, 2.45) is 5.41 Å². The summed E-state index contributed by atoms with van der Waals surface area (Å²) < 4.78 is 28.1. The van der Waals surface area contributed by atoms with Gasteiger partial charge in [0.1, 0.15) is 4.21 Å². The van der Waals surface area contributed by atoms with Gasteiger partial charge in [-0.1, -0.05) is 34.6 Å². The highest BCUT2D eigenvalue weighted by Crippen LogP contribution is 2.28. The van der Waals surface area contributed by atoms with E-state index < -0.39 is 10.0 Å². The highest BCUT2D eigenvalue weighted by molar-refractivity contribution is 7.91. The summed E-state index contributed by atoms with van der Waals surface area (Å²) in [5.41, 5.74) is 0.915. The molecule has 1 atom stereocenters. The first-order valence-corrected chi connectivity index (χ1v) is 9.58. The van der Waals surface area contributed by atoms with E-state index in [1.165, 1.54) is 11.3 Å². The van der Waals surface area contributed by atoms with Crippen molar-refractivity contribution in [2.75, 3.05) is 0 Å². The van der Waals surface area contributed by atoms with E-state index in [0.717, 1.165) is 10.4 Å². The average Bonchev–Trinajstić information content (AvgIpc) is 2.67. The fraction of sp³-hybridized carbons (Fsp3) is 0.733. The topological polar surface area (TPSA) is 58.2 Å². The van der Waals surface area contributed by atoms with Gasteiger partial charge in [0, 0.05) is 23.5 Å². The Morgan fingerprint density at radius 1 is 1.24 bits per heavy atom. The van der Waals surface area contributed by atoms with Gasteiger partial charge in [-0.15, -0.1) is 11.3 Å². The van der Waals surface area contributed by atoms with E-state index in [2.05, 4.69) is 23.9 Å². The zero-order valence-electron chi connectivity index (χ0n) is 14.1. The Kier molecular flexibility index (Phi) is 6.00. The Bertz CT molecular complexity index is 569. The molecule has 1 heterocycles. The fourth-order valence-corrected chi connectivity index (χ4v) is 4.57. The summed E-state index contributed by atoms with van der Waals surface area (Å²) in [6.07, 6.45) is 0. The number of aryl methyl sites for hydroxylation is 1. The van der Waals surface area contributed by atoms with Crippen molar-refractivity contribution < 1.29 is 8.42 Å². The summed E-state index contributed by atoms with van der Waals surface area (Å²) in [5, 5.41) is 3.33. The lowest BCUT2D eigenvalue weighted by Crippen LogP contribution is -2.41. The minimum atomic E-state index is -3.44. The maximum atomic E-state index is 12.5. The van der Waals surface area contributed by atoms with E-state index in [1.54, 1.807) is 6.07 Å². The van der Waals surface area contributed by atoms with E-state index in [-0.39, 0.29) is 11.5 Å². The second kappa shape index (κ2) is 6.77. The summed E-state index contributed by atoms with van der Waals surface area (Å²) in [7, 11) is -3.44. The van der Waals surface area contributed by atoms with Crippen LogP contribution in [0.5, 0.6) is 0 Å². The average molecular weight is 333 g/mol. The molecule has 0 aliphatic heterocycles. The molecule has 1 unspecified atom stereocenters. The first kappa shape index (κ1) is 18.6. The quantitative estimate of drug-likeness (QED) is 0.840. The summed E-state index contributed by atoms with van der Waals surface area (Å²) in [6.45, 7) is 14.8. The van der Waals surface area contributed by atoms with Crippen LogP contribution < -0.4 is 10.0 Å². The third-order valence-electron chi connectivity index (χ3n) is 3.56. The van der Waals surface area contributed by atoms with Gasteiger partial charge in [-0.25, -0.2) is 13.1 Å². The minimum absolute atomic E-state index is 0.110. The smallest absolute Gasteiger partial charge is 0.250 e. The molecule has 1 aromatic heterocycles. The predicted octanol–water partition coefficient (Wildman–Crippen LogP) is 3.27. The maximum Gasteiger partial charge on any atom is 0.250 e. The van der Waals surface area contributed by atoms with Gasteiger partial charge in [0.15, 0.2) is 0 Å². The summed E-state index contributed by atoms with van der Waals surface area (Å²) in [6, 6.07) is 2.02. The molecule has 0 amide bonds. The van der Waals surface area contributed by atoms with Crippen molar-refractivity contribution in [3.63, 3.8) is 0 Å². The van der Waals surface area contributed by atoms with Gasteiger partial charge in [0.25, 0.3) is 0 Å². The van der Waals surface area contributed by atoms with E-state index >= 15 is 0 Å². The van der Waals surface area contributed by atoms with Crippen molar-refractivity contribution in [3.8, 4) is 0 Å². The third kappa shape index (κ3) is 5.36. The summed E-state index contributed by atoms with van der Waals surface area (Å²) in [4.78, 5) is 1.08. The van der Waals surface area contributed by atoms with Gasteiger partial charge in [0.2, 0.25) is 10.0 Å². The molecule has 2 N–H and O–H groups in total. The van der Waals surface area contributed by atoms with Crippen LogP contribution >= 0.6 is 11.3 Å². The standard InChI is InChI=1S/C15H28N2O2S2/c1-10(2)16-9-13-11(3)8-14(20-13)21(18,19)17-12(4)15(5,6)7/h8,10,12,16-17H,9H2,1-7H3. The molecule has 0 spiro atoms. The molecule has 122 valence electrons. The predicted molar refractivity (Wildman–Crippen MR) is 90.3 cm³/mol. The molecule has 0 aliphatic rings. The van der Waals surface area contributed by atoms with Crippen molar-refractivity contribution in [2.45, 2.75) is 71.3 Å². The molecular formula is C15H28N2O2S2. The second-order valence-corrected chi connectivity index (χ2v) is 9.99. The van der Waals surface area contributed by atoms with Gasteiger partial charge >= 0.3 is 0 Å². The second-order valence-electron chi connectivity index (χ2n) is 6.92. The lowest BCUT2D eigenvalue weighted by atomic mass is 9.89. The van der Waals surface area contributed by atoms with Gasteiger partial charge in [-0.2, -0.15) is 0 Å². The molecule has 0 fully saturated rings. The number of nitrogens with one attached hydrogen (secondary N) is 2. The first-order chi connectivity index (χ1) is 9.43. The molecule has 0 saturated carbocycles. The largest absolute Gasteiger partial charge is 0.310 e. The number of rotatable bonds is 6. The SMILES string of the molecule is Cc1cc(S(=O)(=O)NC(C)C(C)(C)C)sc1CNC(C)C. The zero-order valence-corrected chi connectivity index (χ0v) is 15.7. The molecule has 6 heteroatoms. The maximum absolute atomic E-state index is 12.5. The Morgan fingerprint density at radius 3 is 2.29 bits per heavy atom. The van der Waals surface area contributed by atoms with Gasteiger partial charge in [0.05, 0.1) is 0 Å². The monoisotopic (exact) mass is 332 g/mol. The van der Waals surface area contributed by atoms with E-state index in [0.29, 0.717) is 16.8 Å². The van der Waals surface area contributed by atoms with Gasteiger partial charge in [-0.05, 0) is 30.9 Å². The number of hydrogen-bond donors (Lipinski definition) is 2. The fourth-order valence-electron chi connectivity index (χ4n) is 1.56. The van der Waals surface area contributed by atoms with Gasteiger partial charge in [-0.3, -0.25) is 0 Å². The molecule has 0 saturated heterocycles. The molecule has 0 bridgehead atoms. The van der Waals surface area contributed by atoms with Crippen LogP contribution in [0.4, 0.5) is 0 Å². The molecule has 21 heavy (non-hydrogen) atoms. The lowest BCUT2D eigenvalue weighted by molar-refractivity contribution is 0.318. The van der Waals surface area contributed by atoms with Crippen molar-refractivity contribution >= 4 is 21.4 Å². The molecule has 0 radical (unpaired) electrons. The number of thiophene rings is 1. The van der Waals surface area contributed by atoms with Crippen molar-refractivity contribution in [1.29, 1.82) is 0 Å². The molecule has 4 nitrogen and oxygen atoms in total. The molecule has 1 rings (SSSR count). The van der Waals surface area contributed by atoms with Crippen molar-refractivity contribution in [3.05, 3.63) is 16.5 Å². The van der Waals surface area contributed by atoms with Crippen LogP contribution in [0, 0.1) is 12.3 Å². The Labute approximate surface area is 133 Å². The molecule has 1 aromatic rings. The van der Waals surface area contributed by atoms with Gasteiger partial charge < -0.3 is 5.32 Å². The van der Waals surface area contributed by atoms with Crippen LogP contribution in [0.2, 0.25) is 0 Å². The molecular weight excluding hydrogens is 304 g/mol. The lowest BCUT2D eigenvalue weighted by Gasteiger charge is -2.27. The van der Waals surface area contributed by atoms with Crippen LogP contribution in [-0.4, -0.2) is 20.5 Å². The van der Waals surface area contributed by atoms with Crippen LogP contribution in [0.25, 0.3) is 0 Å². The van der Waals surface area contributed by atoms with E-state index in [4.69, 9.17) is 0 Å². The number of sulfonamides is 1. The van der Waals surface area contributed by atoms with E-state index in [1.807, 2.05) is 34.6 Å². The van der Waals surface area contributed by atoms with Crippen LogP contribution in [0.15, 0.2) is 10.3 Å². The number of hydrogen-bond acceptors (Lipinski definition) is 4. The highest BCUT2D eigenvalue weighted by atomic mass is 32.2. The van der Waals surface area contributed by atoms with E-state index in [9.17, 15) is 8.42 Å². The third-order valence-corrected chi connectivity index (χ3v) is 6.82. The Morgan fingerprint density at radius 2 is 1.81 bits per heavy atom. The molecule has 0 aromatic carbocycles. The summed E-state index contributed by atoms with van der Waals surface area (Å²) in [5.74, 6) is 0. The minimum Gasteiger partial charge on any atom is -0.310 e. The normalized spacial score (nSPS) is 14.7. The van der Waals surface area contributed by atoms with Crippen LogP contribution in [0.1, 0.15) is 52.0 Å². The Balaban J connectivity index is 2.92. The van der Waals surface area contributed by atoms with Crippen LogP contribution in [-0.2, 0) is 16.6 Å². The first-order valence-electron chi connectivity index (χ1n) is 7.28.